The van der Waals surface area contributed by atoms with Crippen LogP contribution in [0.1, 0.15) is 97.6 Å². The van der Waals surface area contributed by atoms with E-state index in [0.717, 1.165) is 0 Å². The fourth-order valence-corrected chi connectivity index (χ4v) is 8.41. The van der Waals surface area contributed by atoms with Crippen molar-refractivity contribution in [3.05, 3.63) is 65.7 Å². The molecule has 0 aromatic heterocycles. The van der Waals surface area contributed by atoms with Gasteiger partial charge in [0, 0.05) is 26.1 Å². The van der Waals surface area contributed by atoms with Gasteiger partial charge in [0.1, 0.15) is 54.1 Å². The lowest BCUT2D eigenvalue weighted by molar-refractivity contribution is -0.143. The average molecular weight is 1090 g/mol. The van der Waals surface area contributed by atoms with Crippen LogP contribution in [0.15, 0.2) is 64.6 Å². The number of aliphatic imine (C=N–C) groups is 2. The van der Waals surface area contributed by atoms with Crippen LogP contribution in [0.5, 0.6) is 5.75 Å². The molecular formula is C52H81N15O11. The summed E-state index contributed by atoms with van der Waals surface area (Å²) < 4.78 is 0. The first-order chi connectivity index (χ1) is 36.8. The number of nitrogens with one attached hydrogen (secondary N) is 7. The number of likely N-dealkylation sites (tertiary alicyclic amines) is 1. The van der Waals surface area contributed by atoms with E-state index in [1.807, 2.05) is 0 Å². The number of hydrogen-bond acceptors (Lipinski definition) is 13. The number of phenolic OH excluding ortho intramolecular Hbond substituents is 1. The van der Waals surface area contributed by atoms with Crippen molar-refractivity contribution in [2.45, 2.75) is 154 Å². The van der Waals surface area contributed by atoms with Crippen molar-refractivity contribution in [1.82, 2.24) is 42.1 Å². The van der Waals surface area contributed by atoms with Crippen molar-refractivity contribution in [2.75, 3.05) is 19.6 Å². The second-order valence-electron chi connectivity index (χ2n) is 19.8. The van der Waals surface area contributed by atoms with Gasteiger partial charge in [0.25, 0.3) is 0 Å². The lowest BCUT2D eigenvalue weighted by Crippen LogP contribution is -2.61. The van der Waals surface area contributed by atoms with E-state index in [1.165, 1.54) is 30.9 Å². The number of hydrogen-bond donors (Lipinski definition) is 14. The average Bonchev–Trinajstić information content (AvgIpc) is 3.92. The monoisotopic (exact) mass is 1090 g/mol. The summed E-state index contributed by atoms with van der Waals surface area (Å²) in [6.45, 7) is 9.94. The maximum absolute atomic E-state index is 14.5. The summed E-state index contributed by atoms with van der Waals surface area (Å²) in [7, 11) is 0. The second-order valence-corrected chi connectivity index (χ2v) is 19.8. The molecule has 0 aliphatic carbocycles. The Bertz CT molecular complexity index is 2420. The highest BCUT2D eigenvalue weighted by Gasteiger charge is 2.40. The van der Waals surface area contributed by atoms with Crippen molar-refractivity contribution in [2.24, 2.45) is 50.5 Å². The van der Waals surface area contributed by atoms with Crippen molar-refractivity contribution >= 4 is 65.1 Å². The summed E-state index contributed by atoms with van der Waals surface area (Å²) in [5.74, 6) is -8.30. The molecule has 0 saturated carbocycles. The van der Waals surface area contributed by atoms with Gasteiger partial charge in [0.05, 0.1) is 6.04 Å². The molecule has 78 heavy (non-hydrogen) atoms. The molecule has 1 aliphatic rings. The summed E-state index contributed by atoms with van der Waals surface area (Å²) in [6.07, 6.45) is 1.48. The Morgan fingerprint density at radius 3 is 1.68 bits per heavy atom. The molecule has 0 unspecified atom stereocenters. The minimum absolute atomic E-state index is 0.00249. The first-order valence-electron chi connectivity index (χ1n) is 26.2. The first kappa shape index (κ1) is 64.3. The molecule has 3 rings (SSSR count). The van der Waals surface area contributed by atoms with E-state index in [4.69, 9.17) is 28.7 Å². The molecule has 19 N–H and O–H groups in total. The molecule has 0 bridgehead atoms. The zero-order valence-electron chi connectivity index (χ0n) is 45.3. The van der Waals surface area contributed by atoms with E-state index in [0.29, 0.717) is 24.0 Å². The molecule has 26 heteroatoms. The van der Waals surface area contributed by atoms with Crippen LogP contribution in [0.4, 0.5) is 0 Å². The third-order valence-electron chi connectivity index (χ3n) is 13.1. The Morgan fingerprint density at radius 2 is 1.13 bits per heavy atom. The summed E-state index contributed by atoms with van der Waals surface area (Å²) in [5.41, 5.74) is 29.4. The molecule has 1 fully saturated rings. The first-order valence-corrected chi connectivity index (χ1v) is 26.2. The molecule has 430 valence electrons. The van der Waals surface area contributed by atoms with Gasteiger partial charge in [-0.1, -0.05) is 76.6 Å². The van der Waals surface area contributed by atoms with Gasteiger partial charge in [0.15, 0.2) is 11.9 Å². The van der Waals surface area contributed by atoms with Gasteiger partial charge in [-0.25, -0.2) is 4.79 Å². The SMILES string of the molecule is CC[C@H](C)[C@H](NC(=O)[C@H](C)NC(=O)[C@@H](N)Cc1ccc(O)cc1)C(=O)N[C@H](C(=O)N[C@@H](C)C(=O)N[C@@H](CCCN=C(N)N)C(=O)N1CCC[C@H]1C(=O)N[C@@H](CCCN=C(N)N)C(=O)N[C@@H](Cc1ccccc1)C(=O)O)C(C)C. The number of nitrogens with zero attached hydrogens (tertiary/aromatic N) is 3. The molecular weight excluding hydrogens is 1010 g/mol. The number of carbonyl (C=O) groups is 9. The number of carbonyl (C=O) groups excluding carboxylic acids is 8. The van der Waals surface area contributed by atoms with Crippen molar-refractivity contribution in [3.63, 3.8) is 0 Å². The minimum atomic E-state index is -1.35. The number of phenols is 1. The van der Waals surface area contributed by atoms with E-state index in [-0.39, 0.29) is 82.2 Å². The maximum atomic E-state index is 14.5. The largest absolute Gasteiger partial charge is 0.508 e. The van der Waals surface area contributed by atoms with Crippen LogP contribution in [0.3, 0.4) is 0 Å². The molecule has 10 atom stereocenters. The van der Waals surface area contributed by atoms with Crippen LogP contribution >= 0.6 is 0 Å². The highest BCUT2D eigenvalue weighted by Crippen LogP contribution is 2.21. The Morgan fingerprint density at radius 1 is 0.615 bits per heavy atom. The van der Waals surface area contributed by atoms with Crippen LogP contribution in [-0.2, 0) is 56.0 Å². The predicted molar refractivity (Wildman–Crippen MR) is 291 cm³/mol. The van der Waals surface area contributed by atoms with Crippen LogP contribution in [0.25, 0.3) is 0 Å². The van der Waals surface area contributed by atoms with Crippen LogP contribution in [0, 0.1) is 11.8 Å². The van der Waals surface area contributed by atoms with E-state index in [1.54, 1.807) is 70.2 Å². The van der Waals surface area contributed by atoms with E-state index in [9.17, 15) is 53.4 Å². The fraction of sp³-hybridized carbons (Fsp3) is 0.558. The number of rotatable bonds is 31. The summed E-state index contributed by atoms with van der Waals surface area (Å²) in [5, 5.41) is 38.0. The zero-order chi connectivity index (χ0) is 58.2. The number of aliphatic carboxylic acids is 1. The van der Waals surface area contributed by atoms with Gasteiger partial charge >= 0.3 is 5.97 Å². The highest BCUT2D eigenvalue weighted by atomic mass is 16.4. The van der Waals surface area contributed by atoms with Gasteiger partial charge in [-0.15, -0.1) is 0 Å². The standard InChI is InChI=1S/C52H81N15O11/c1-7-29(4)41(66-43(70)31(6)60-44(71)35(53)26-33-19-21-34(68)22-20-33)48(75)65-40(28(2)3)47(74)61-30(5)42(69)63-37(17-12-24-59-52(56)57)49(76)67-25-13-18-39(67)46(73)62-36(16-11-23-58-51(54)55)45(72)64-38(50(77)78)27-32-14-9-8-10-15-32/h8-10,14-15,19-22,28-31,35-41,68H,7,11-13,16-18,23-27,53H2,1-6H3,(H,60,71)(H,61,74)(H,62,73)(H,63,69)(H,64,72)(H,65,75)(H,66,70)(H,77,78)(H4,54,55,58)(H4,56,57,59)/t29-,30-,31-,35-,36-,37-,38-,39-,40-,41-/m0/s1. The smallest absolute Gasteiger partial charge is 0.326 e. The molecule has 26 nitrogen and oxygen atoms in total. The quantitative estimate of drug-likeness (QED) is 0.0217. The Labute approximate surface area is 454 Å². The predicted octanol–water partition coefficient (Wildman–Crippen LogP) is -2.18. The van der Waals surface area contributed by atoms with E-state index >= 15 is 0 Å². The van der Waals surface area contributed by atoms with Gasteiger partial charge in [-0.2, -0.15) is 0 Å². The molecule has 1 saturated heterocycles. The second kappa shape index (κ2) is 31.9. The molecule has 1 heterocycles. The molecule has 8 amide bonds. The number of carboxylic acid groups (broad SMARTS) is 1. The Kier molecular flexibility index (Phi) is 26.3. The lowest BCUT2D eigenvalue weighted by atomic mass is 9.96. The number of aromatic hydroxyl groups is 1. The fourth-order valence-electron chi connectivity index (χ4n) is 8.41. The Hall–Kier alpha value is -8.03. The summed E-state index contributed by atoms with van der Waals surface area (Å²) in [6, 6.07) is 4.02. The van der Waals surface area contributed by atoms with E-state index < -0.39 is 119 Å². The van der Waals surface area contributed by atoms with Crippen molar-refractivity contribution in [3.8, 4) is 5.75 Å². The van der Waals surface area contributed by atoms with Crippen molar-refractivity contribution in [1.29, 1.82) is 0 Å². The topological polar surface area (TPSA) is 436 Å². The summed E-state index contributed by atoms with van der Waals surface area (Å²) >= 11 is 0. The number of amides is 8. The third-order valence-corrected chi connectivity index (χ3v) is 13.1. The van der Waals surface area contributed by atoms with Gasteiger partial charge < -0.3 is 81.0 Å². The minimum Gasteiger partial charge on any atom is -0.508 e. The normalized spacial score (nSPS) is 16.5. The zero-order valence-corrected chi connectivity index (χ0v) is 45.3. The van der Waals surface area contributed by atoms with Gasteiger partial charge in [-0.05, 0) is 93.9 Å². The molecule has 2 aromatic carbocycles. The summed E-state index contributed by atoms with van der Waals surface area (Å²) in [4.78, 5) is 132. The molecule has 0 spiro atoms. The third kappa shape index (κ3) is 21.2. The number of carboxylic acids is 1. The highest BCUT2D eigenvalue weighted by molar-refractivity contribution is 5.98. The van der Waals surface area contributed by atoms with E-state index in [2.05, 4.69) is 47.2 Å². The van der Waals surface area contributed by atoms with Gasteiger partial charge in [-0.3, -0.25) is 48.3 Å². The van der Waals surface area contributed by atoms with Crippen molar-refractivity contribution < 1.29 is 53.4 Å². The van der Waals surface area contributed by atoms with Crippen LogP contribution in [-0.4, -0.2) is 154 Å². The van der Waals surface area contributed by atoms with Crippen LogP contribution in [0.2, 0.25) is 0 Å². The number of nitrogens with two attached hydrogens (primary N) is 5. The molecule has 2 aromatic rings. The molecule has 0 radical (unpaired) electrons. The number of benzene rings is 2. The van der Waals surface area contributed by atoms with Gasteiger partial charge in [0.2, 0.25) is 47.3 Å². The lowest BCUT2D eigenvalue weighted by Gasteiger charge is -2.31. The molecule has 1 aliphatic heterocycles. The number of guanidine groups is 2. The Balaban J connectivity index is 1.75. The maximum Gasteiger partial charge on any atom is 0.326 e. The van der Waals surface area contributed by atoms with Crippen LogP contribution < -0.4 is 65.9 Å².